The number of primary amides is 1. The first-order valence-electron chi connectivity index (χ1n) is 9.64. The molecule has 12 heteroatoms. The topological polar surface area (TPSA) is 194 Å². The fourth-order valence-electron chi connectivity index (χ4n) is 2.43. The Bertz CT molecular complexity index is 645. The summed E-state index contributed by atoms with van der Waals surface area (Å²) in [6, 6.07) is -4.50. The number of carboxylic acid groups (broad SMARTS) is 1. The highest BCUT2D eigenvalue weighted by Gasteiger charge is 2.32. The van der Waals surface area contributed by atoms with E-state index in [-0.39, 0.29) is 17.6 Å². The molecule has 0 saturated carbocycles. The quantitative estimate of drug-likeness (QED) is 0.164. The molecule has 11 nitrogen and oxygen atoms in total. The lowest BCUT2D eigenvalue weighted by molar-refractivity contribution is -0.143. The Morgan fingerprint density at radius 3 is 1.87 bits per heavy atom. The number of carboxylic acids is 1. The van der Waals surface area contributed by atoms with Gasteiger partial charge in [-0.1, -0.05) is 34.1 Å². The van der Waals surface area contributed by atoms with Gasteiger partial charge in [-0.05, 0) is 11.8 Å². The summed E-state index contributed by atoms with van der Waals surface area (Å²) in [5, 5.41) is 16.3. The largest absolute Gasteiger partial charge is 0.480 e. The van der Waals surface area contributed by atoms with Crippen LogP contribution in [0.4, 0.5) is 0 Å². The monoisotopic (exact) mass is 447 g/mol. The van der Waals surface area contributed by atoms with E-state index in [2.05, 4.69) is 28.6 Å². The van der Waals surface area contributed by atoms with E-state index in [0.29, 0.717) is 6.42 Å². The number of aliphatic carboxylic acids is 1. The molecular formula is C18H33N5O6S. The van der Waals surface area contributed by atoms with Crippen LogP contribution >= 0.6 is 12.6 Å². The number of nitrogens with one attached hydrogen (secondary N) is 3. The van der Waals surface area contributed by atoms with E-state index < -0.39 is 60.2 Å². The Kier molecular flexibility index (Phi) is 12.0. The fourth-order valence-corrected chi connectivity index (χ4v) is 2.68. The van der Waals surface area contributed by atoms with E-state index in [0.717, 1.165) is 0 Å². The van der Waals surface area contributed by atoms with Crippen LogP contribution in [0.1, 0.15) is 40.5 Å². The summed E-state index contributed by atoms with van der Waals surface area (Å²) >= 11 is 4.01. The van der Waals surface area contributed by atoms with Gasteiger partial charge < -0.3 is 32.5 Å². The van der Waals surface area contributed by atoms with Gasteiger partial charge in [0, 0.05) is 5.75 Å². The summed E-state index contributed by atoms with van der Waals surface area (Å²) in [5.41, 5.74) is 10.9. The summed E-state index contributed by atoms with van der Waals surface area (Å²) in [6.07, 6.45) is 0.0809. The Balaban J connectivity index is 5.22. The first-order valence-corrected chi connectivity index (χ1v) is 10.3. The van der Waals surface area contributed by atoms with Gasteiger partial charge in [0.1, 0.15) is 18.1 Å². The first kappa shape index (κ1) is 27.7. The summed E-state index contributed by atoms with van der Waals surface area (Å²) in [7, 11) is 0. The predicted octanol–water partition coefficient (Wildman–Crippen LogP) is -1.64. The molecule has 0 aromatic heterocycles. The highest BCUT2D eigenvalue weighted by molar-refractivity contribution is 7.80. The van der Waals surface area contributed by atoms with Crippen molar-refractivity contribution in [1.29, 1.82) is 0 Å². The molecule has 0 spiro atoms. The minimum absolute atomic E-state index is 0.0879. The van der Waals surface area contributed by atoms with Crippen molar-refractivity contribution in [2.75, 3.05) is 5.75 Å². The van der Waals surface area contributed by atoms with Crippen LogP contribution in [0.2, 0.25) is 0 Å². The second-order valence-electron chi connectivity index (χ2n) is 7.46. The van der Waals surface area contributed by atoms with Gasteiger partial charge in [0.05, 0.1) is 12.5 Å². The third-order valence-corrected chi connectivity index (χ3v) is 5.01. The zero-order valence-electron chi connectivity index (χ0n) is 17.7. The Labute approximate surface area is 181 Å². The van der Waals surface area contributed by atoms with E-state index >= 15 is 0 Å². The molecule has 0 fully saturated rings. The molecule has 0 aliphatic rings. The molecule has 5 unspecified atom stereocenters. The molecule has 8 N–H and O–H groups in total. The van der Waals surface area contributed by atoms with Crippen molar-refractivity contribution in [1.82, 2.24) is 16.0 Å². The van der Waals surface area contributed by atoms with Crippen molar-refractivity contribution in [2.45, 2.75) is 64.7 Å². The maximum Gasteiger partial charge on any atom is 0.326 e. The minimum atomic E-state index is -1.54. The third-order valence-electron chi connectivity index (χ3n) is 4.64. The van der Waals surface area contributed by atoms with Crippen LogP contribution in [0, 0.1) is 11.8 Å². The number of nitrogens with two attached hydrogens (primary N) is 2. The van der Waals surface area contributed by atoms with E-state index in [4.69, 9.17) is 16.6 Å². The fraction of sp³-hybridized carbons (Fsp3) is 0.722. The molecule has 0 bridgehead atoms. The van der Waals surface area contributed by atoms with Crippen molar-refractivity contribution in [3.05, 3.63) is 0 Å². The molecule has 0 radical (unpaired) electrons. The number of hydrogen-bond donors (Lipinski definition) is 7. The first-order chi connectivity index (χ1) is 13.8. The second kappa shape index (κ2) is 13.1. The molecule has 0 saturated heterocycles. The van der Waals surface area contributed by atoms with Crippen LogP contribution in [0.25, 0.3) is 0 Å². The number of thiol groups is 1. The molecule has 0 aromatic rings. The SMILES string of the molecule is CCC(C)C(N)C(=O)NC(C(=O)NC(CS)C(=O)NC(CC(N)=O)C(=O)O)C(C)C. The van der Waals surface area contributed by atoms with Crippen LogP contribution in [0.3, 0.4) is 0 Å². The van der Waals surface area contributed by atoms with Gasteiger partial charge in [-0.25, -0.2) is 4.79 Å². The van der Waals surface area contributed by atoms with E-state index in [1.807, 2.05) is 13.8 Å². The zero-order chi connectivity index (χ0) is 23.6. The minimum Gasteiger partial charge on any atom is -0.480 e. The van der Waals surface area contributed by atoms with Crippen LogP contribution in [0.15, 0.2) is 0 Å². The number of carbonyl (C=O) groups is 5. The second-order valence-corrected chi connectivity index (χ2v) is 7.82. The van der Waals surface area contributed by atoms with Crippen molar-refractivity contribution >= 4 is 42.2 Å². The van der Waals surface area contributed by atoms with Gasteiger partial charge in [-0.2, -0.15) is 12.6 Å². The lowest BCUT2D eigenvalue weighted by atomic mass is 9.97. The van der Waals surface area contributed by atoms with Gasteiger partial charge in [-0.3, -0.25) is 19.2 Å². The lowest BCUT2D eigenvalue weighted by Gasteiger charge is -2.27. The molecule has 0 aliphatic heterocycles. The molecule has 4 amide bonds. The molecule has 0 aliphatic carbocycles. The van der Waals surface area contributed by atoms with Crippen molar-refractivity contribution in [2.24, 2.45) is 23.3 Å². The standard InChI is InChI=1S/C18H33N5O6S/c1-5-9(4)13(20)16(26)23-14(8(2)3)17(27)22-11(7-30)15(25)21-10(18(28)29)6-12(19)24/h8-11,13-14,30H,5-7,20H2,1-4H3,(H2,19,24)(H,21,25)(H,22,27)(H,23,26)(H,28,29). The van der Waals surface area contributed by atoms with E-state index in [1.54, 1.807) is 13.8 Å². The third kappa shape index (κ3) is 8.99. The highest BCUT2D eigenvalue weighted by Crippen LogP contribution is 2.08. The number of carbonyl (C=O) groups excluding carboxylic acids is 4. The van der Waals surface area contributed by atoms with E-state index in [9.17, 15) is 24.0 Å². The van der Waals surface area contributed by atoms with Crippen LogP contribution in [-0.2, 0) is 24.0 Å². The summed E-state index contributed by atoms with van der Waals surface area (Å²) in [5.74, 6) is -4.89. The molecule has 0 heterocycles. The maximum atomic E-state index is 12.7. The van der Waals surface area contributed by atoms with Gasteiger partial charge in [-0.15, -0.1) is 0 Å². The van der Waals surface area contributed by atoms with Crippen LogP contribution in [0.5, 0.6) is 0 Å². The number of hydrogen-bond acceptors (Lipinski definition) is 7. The summed E-state index contributed by atoms with van der Waals surface area (Å²) in [4.78, 5) is 59.6. The average molecular weight is 448 g/mol. The lowest BCUT2D eigenvalue weighted by Crippen LogP contribution is -2.59. The summed E-state index contributed by atoms with van der Waals surface area (Å²) < 4.78 is 0. The smallest absolute Gasteiger partial charge is 0.326 e. The van der Waals surface area contributed by atoms with Gasteiger partial charge in [0.15, 0.2) is 0 Å². The molecule has 5 atom stereocenters. The molecular weight excluding hydrogens is 414 g/mol. The normalized spacial score (nSPS) is 16.0. The van der Waals surface area contributed by atoms with Crippen LogP contribution < -0.4 is 27.4 Å². The van der Waals surface area contributed by atoms with Crippen LogP contribution in [-0.4, -0.2) is 64.6 Å². The average Bonchev–Trinajstić information content (AvgIpc) is 2.66. The Morgan fingerprint density at radius 1 is 0.933 bits per heavy atom. The van der Waals surface area contributed by atoms with Gasteiger partial charge >= 0.3 is 5.97 Å². The Morgan fingerprint density at radius 2 is 1.47 bits per heavy atom. The Hall–Kier alpha value is -2.34. The molecule has 30 heavy (non-hydrogen) atoms. The number of amides is 4. The maximum absolute atomic E-state index is 12.7. The van der Waals surface area contributed by atoms with Gasteiger partial charge in [0.2, 0.25) is 23.6 Å². The highest BCUT2D eigenvalue weighted by atomic mass is 32.1. The molecule has 0 rings (SSSR count). The van der Waals surface area contributed by atoms with Gasteiger partial charge in [0.25, 0.3) is 0 Å². The molecule has 172 valence electrons. The zero-order valence-corrected chi connectivity index (χ0v) is 18.6. The summed E-state index contributed by atoms with van der Waals surface area (Å²) in [6.45, 7) is 7.13. The molecule has 0 aromatic carbocycles. The number of rotatable bonds is 13. The van der Waals surface area contributed by atoms with Crippen molar-refractivity contribution < 1.29 is 29.1 Å². The van der Waals surface area contributed by atoms with Crippen molar-refractivity contribution in [3.8, 4) is 0 Å². The van der Waals surface area contributed by atoms with E-state index in [1.165, 1.54) is 0 Å². The van der Waals surface area contributed by atoms with Crippen molar-refractivity contribution in [3.63, 3.8) is 0 Å². The predicted molar refractivity (Wildman–Crippen MR) is 113 cm³/mol.